The van der Waals surface area contributed by atoms with Gasteiger partial charge in [0.05, 0.1) is 0 Å². The molecule has 0 spiro atoms. The van der Waals surface area contributed by atoms with Crippen molar-refractivity contribution >= 4 is 55.8 Å². The first-order valence-electron chi connectivity index (χ1n) is 5.66. The Hall–Kier alpha value is -1.44. The highest BCUT2D eigenvalue weighted by atomic mass is 32.1. The molecule has 0 radical (unpaired) electrons. The number of carboxylic acids is 3. The lowest BCUT2D eigenvalue weighted by Gasteiger charge is -2.08. The third kappa shape index (κ3) is 70.5. The summed E-state index contributed by atoms with van der Waals surface area (Å²) in [6, 6.07) is 0. The van der Waals surface area contributed by atoms with E-state index in [1.165, 1.54) is 23.1 Å². The fourth-order valence-electron chi connectivity index (χ4n) is 0.191. The van der Waals surface area contributed by atoms with E-state index in [1.54, 1.807) is 0 Å². The molecule has 0 fully saturated rings. The quantitative estimate of drug-likeness (QED) is 0.184. The molecule has 0 aromatic carbocycles. The van der Waals surface area contributed by atoms with Gasteiger partial charge in [0.1, 0.15) is 0 Å². The van der Waals surface area contributed by atoms with Crippen LogP contribution < -0.4 is 0 Å². The van der Waals surface area contributed by atoms with Crippen molar-refractivity contribution < 1.29 is 45.0 Å². The van der Waals surface area contributed by atoms with E-state index >= 15 is 0 Å². The number of aliphatic hydroxyl groups is 3. The summed E-state index contributed by atoms with van der Waals surface area (Å²) in [7, 11) is 0. The van der Waals surface area contributed by atoms with Gasteiger partial charge in [-0.25, -0.2) is 14.4 Å². The first kappa shape index (κ1) is 30.4. The second kappa shape index (κ2) is 21.6. The van der Waals surface area contributed by atoms with E-state index in [4.69, 9.17) is 30.6 Å². The van der Waals surface area contributed by atoms with Crippen molar-refractivity contribution in [1.82, 2.24) is 0 Å². The van der Waals surface area contributed by atoms with Crippen LogP contribution in [0.3, 0.4) is 0 Å². The summed E-state index contributed by atoms with van der Waals surface area (Å²) in [5, 5.41) is 50.7. The van der Waals surface area contributed by atoms with Gasteiger partial charge in [0.15, 0.2) is 0 Å². The summed E-state index contributed by atoms with van der Waals surface area (Å²) in [6.07, 6.45) is 2.78. The maximum Gasteiger partial charge on any atom is 0.328 e. The Morgan fingerprint density at radius 3 is 0.917 bits per heavy atom. The van der Waals surface area contributed by atoms with Crippen molar-refractivity contribution in [1.29, 1.82) is 0 Å². The van der Waals surface area contributed by atoms with Gasteiger partial charge in [0.2, 0.25) is 0 Å². The molecule has 0 aromatic heterocycles. The van der Waals surface area contributed by atoms with Gasteiger partial charge in [-0.3, -0.25) is 0 Å². The molecule has 0 amide bonds. The molecular formula is C12H20O9S3. The molecule has 24 heavy (non-hydrogen) atoms. The number of hydrogen-bond acceptors (Lipinski definition) is 9. The maximum absolute atomic E-state index is 9.46. The lowest BCUT2D eigenvalue weighted by Crippen LogP contribution is -2.24. The lowest BCUT2D eigenvalue weighted by molar-refractivity contribution is -0.312. The van der Waals surface area contributed by atoms with Crippen LogP contribution in [0.2, 0.25) is 0 Å². The molecule has 12 heteroatoms. The van der Waals surface area contributed by atoms with Gasteiger partial charge in [-0.2, -0.15) is 37.9 Å². The molecule has 0 atom stereocenters. The van der Waals surface area contributed by atoms with Crippen LogP contribution in [0.1, 0.15) is 13.3 Å². The second-order valence-electron chi connectivity index (χ2n) is 3.09. The van der Waals surface area contributed by atoms with E-state index in [0.717, 1.165) is 18.2 Å². The van der Waals surface area contributed by atoms with Crippen molar-refractivity contribution in [2.24, 2.45) is 0 Å². The van der Waals surface area contributed by atoms with Gasteiger partial charge in [-0.15, -0.1) is 0 Å². The largest absolute Gasteiger partial charge is 0.478 e. The SMILES string of the molecule is CCC(O)(O)O.O=C(O)C=CS.O=C(O)C=CS.O=C(O)C=CS. The smallest absolute Gasteiger partial charge is 0.328 e. The Bertz CT molecular complexity index is 374. The van der Waals surface area contributed by atoms with Crippen molar-refractivity contribution in [2.45, 2.75) is 19.3 Å². The average Bonchev–Trinajstić information content (AvgIpc) is 2.39. The minimum Gasteiger partial charge on any atom is -0.478 e. The van der Waals surface area contributed by atoms with Crippen LogP contribution in [0.15, 0.2) is 34.5 Å². The fourth-order valence-corrected chi connectivity index (χ4v) is 0.574. The molecule has 0 saturated carbocycles. The third-order valence-electron chi connectivity index (χ3n) is 1.13. The third-order valence-corrected chi connectivity index (χ3v) is 1.57. The molecule has 0 aliphatic rings. The molecule has 0 aromatic rings. The first-order valence-corrected chi connectivity index (χ1v) is 7.20. The van der Waals surface area contributed by atoms with Gasteiger partial charge in [-0.05, 0) is 16.2 Å². The molecule has 6 N–H and O–H groups in total. The van der Waals surface area contributed by atoms with Crippen LogP contribution in [0, 0.1) is 0 Å². The zero-order valence-corrected chi connectivity index (χ0v) is 15.1. The Morgan fingerprint density at radius 2 is 0.917 bits per heavy atom. The lowest BCUT2D eigenvalue weighted by atomic mass is 10.4. The zero-order chi connectivity index (χ0) is 20.2. The molecule has 0 aliphatic carbocycles. The molecule has 9 nitrogen and oxygen atoms in total. The molecule has 0 bridgehead atoms. The summed E-state index contributed by atoms with van der Waals surface area (Å²) in [5.74, 6) is -5.36. The summed E-state index contributed by atoms with van der Waals surface area (Å²) in [6.45, 7) is 1.46. The summed E-state index contributed by atoms with van der Waals surface area (Å²) >= 11 is 10.5. The number of thiol groups is 3. The maximum atomic E-state index is 9.46. The summed E-state index contributed by atoms with van der Waals surface area (Å²) in [5.41, 5.74) is 0. The van der Waals surface area contributed by atoms with Gasteiger partial charge in [-0.1, -0.05) is 6.92 Å². The first-order chi connectivity index (χ1) is 10.9. The predicted octanol–water partition coefficient (Wildman–Crippen LogP) is 0.571. The molecule has 0 unspecified atom stereocenters. The van der Waals surface area contributed by atoms with E-state index in [0.29, 0.717) is 0 Å². The number of aliphatic carboxylic acids is 3. The summed E-state index contributed by atoms with van der Waals surface area (Å²) < 4.78 is 0. The Kier molecular flexibility index (Phi) is 27.3. The Balaban J connectivity index is -0.000000111. The van der Waals surface area contributed by atoms with Crippen molar-refractivity contribution in [2.75, 3.05) is 0 Å². The Labute approximate surface area is 154 Å². The summed E-state index contributed by atoms with van der Waals surface area (Å²) in [4.78, 5) is 28.4. The van der Waals surface area contributed by atoms with Crippen LogP contribution in [0.5, 0.6) is 0 Å². The van der Waals surface area contributed by atoms with Crippen LogP contribution in [0.25, 0.3) is 0 Å². The highest BCUT2D eigenvalue weighted by Gasteiger charge is 2.11. The minimum absolute atomic E-state index is 0.0625. The van der Waals surface area contributed by atoms with Gasteiger partial charge >= 0.3 is 17.9 Å². The van der Waals surface area contributed by atoms with Gasteiger partial charge in [0.25, 0.3) is 5.97 Å². The average molecular weight is 404 g/mol. The Morgan fingerprint density at radius 1 is 0.750 bits per heavy atom. The van der Waals surface area contributed by atoms with E-state index in [2.05, 4.69) is 37.9 Å². The molecule has 0 rings (SSSR count). The monoisotopic (exact) mass is 404 g/mol. The van der Waals surface area contributed by atoms with Crippen LogP contribution in [0.4, 0.5) is 0 Å². The normalized spacial score (nSPS) is 10.1. The molecular weight excluding hydrogens is 384 g/mol. The standard InChI is InChI=1S/C3H8O3.3C3H4O2S/c1-2-3(4,5)6;3*4-3(5)1-2-6/h4-6H,2H2,1H3;3*1-2,6H,(H,4,5). The number of carboxylic acid groups (broad SMARTS) is 3. The van der Waals surface area contributed by atoms with Crippen molar-refractivity contribution in [3.8, 4) is 0 Å². The molecule has 0 aliphatic heterocycles. The van der Waals surface area contributed by atoms with Crippen LogP contribution >= 0.6 is 37.9 Å². The van der Waals surface area contributed by atoms with Crippen LogP contribution in [-0.2, 0) is 14.4 Å². The van der Waals surface area contributed by atoms with E-state index in [9.17, 15) is 14.4 Å². The topological polar surface area (TPSA) is 173 Å². The van der Waals surface area contributed by atoms with E-state index in [-0.39, 0.29) is 6.42 Å². The van der Waals surface area contributed by atoms with Crippen LogP contribution in [-0.4, -0.2) is 54.5 Å². The highest BCUT2D eigenvalue weighted by Crippen LogP contribution is 1.95. The highest BCUT2D eigenvalue weighted by molar-refractivity contribution is 7.83. The number of carbonyl (C=O) groups is 3. The van der Waals surface area contributed by atoms with Crippen molar-refractivity contribution in [3.63, 3.8) is 0 Å². The van der Waals surface area contributed by atoms with E-state index in [1.807, 2.05) is 0 Å². The van der Waals surface area contributed by atoms with Crippen molar-refractivity contribution in [3.05, 3.63) is 34.5 Å². The second-order valence-corrected chi connectivity index (χ2v) is 3.98. The number of rotatable bonds is 4. The predicted molar refractivity (Wildman–Crippen MR) is 97.0 cm³/mol. The van der Waals surface area contributed by atoms with E-state index < -0.39 is 23.9 Å². The molecule has 0 heterocycles. The zero-order valence-electron chi connectivity index (χ0n) is 12.4. The molecule has 140 valence electrons. The molecule has 0 saturated heterocycles. The van der Waals surface area contributed by atoms with Gasteiger partial charge < -0.3 is 30.6 Å². The minimum atomic E-state index is -2.46. The van der Waals surface area contributed by atoms with Gasteiger partial charge in [0, 0.05) is 24.6 Å². The number of hydrogen-bond donors (Lipinski definition) is 9. The fraction of sp³-hybridized carbons (Fsp3) is 0.250.